The normalized spacial score (nSPS) is 20.3. The molecule has 46 heteroatoms. The minimum atomic E-state index is -1.76. The van der Waals surface area contributed by atoms with Crippen molar-refractivity contribution in [1.29, 1.82) is 0 Å². The van der Waals surface area contributed by atoms with Crippen molar-refractivity contribution in [2.75, 3.05) is 39.8 Å². The van der Waals surface area contributed by atoms with Crippen LogP contribution in [0.25, 0.3) is 0 Å². The van der Waals surface area contributed by atoms with Crippen LogP contribution >= 0.6 is 0 Å². The lowest BCUT2D eigenvalue weighted by Gasteiger charge is -2.33. The lowest BCUT2D eigenvalue weighted by Crippen LogP contribution is -2.61. The summed E-state index contributed by atoms with van der Waals surface area (Å²) in [6, 6.07) is 0.0399. The van der Waals surface area contributed by atoms with Gasteiger partial charge in [0.1, 0.15) is 96.4 Å². The summed E-state index contributed by atoms with van der Waals surface area (Å²) in [5, 5.41) is 64.9. The molecule has 6 aliphatic rings. The zero-order valence-electron chi connectivity index (χ0n) is 78.2. The lowest BCUT2D eigenvalue weighted by atomic mass is 10.0. The summed E-state index contributed by atoms with van der Waals surface area (Å²) in [4.78, 5) is 300. The number of esters is 1. The molecule has 752 valence electrons. The molecule has 0 aliphatic carbocycles. The predicted molar refractivity (Wildman–Crippen MR) is 489 cm³/mol. The summed E-state index contributed by atoms with van der Waals surface area (Å²) in [5.41, 5.74) is 17.8. The van der Waals surface area contributed by atoms with Gasteiger partial charge in [-0.1, -0.05) is 106 Å². The molecule has 7 heterocycles. The molecule has 1 aromatic heterocycles. The Bertz CT molecular complexity index is 5180. The van der Waals surface area contributed by atoms with E-state index in [0.717, 1.165) is 16.9 Å². The van der Waals surface area contributed by atoms with E-state index < -0.39 is 260 Å². The molecule has 10 rings (SSSR count). The van der Waals surface area contributed by atoms with Crippen LogP contribution in [0, 0.1) is 11.8 Å². The number of nitrogens with two attached hydrogens (primary N) is 3. The molecule has 19 N–H and O–H groups in total. The molecule has 0 saturated carbocycles. The van der Waals surface area contributed by atoms with E-state index in [-0.39, 0.29) is 171 Å². The SMILES string of the molecule is COC(=O)[C@H](Cc1ccccc1)NC(=O)c1cn([C@H]2C[C@@H](C(=O)N[C@@H](CCC(N)=O)C(=O)N3CCC[C@H]3C(=O)N[C@@H](CCC(=O)O)C(=O)N[C@@H](CC(C)C)C(=O)N3CCC[C@H]3C(=O)N[C@@H](Cc3ccc(O)cc3)C(=O)N3CCC[C@H]3C(=O)N[C@@H](CCC(N)=O)C(=O)O)N(C(=O)[C@H](Cc3ccccc3)NC(=O)[C@@H]3CCCN3C(=O)[C@H](CCC(N)=O)NC(=O)[C@H](CC(C)C)NC(=O)[C@H]3CCC(=O)N3)C2)nn1. The molecule has 6 saturated heterocycles. The number of aromatic hydroxyl groups is 1. The largest absolute Gasteiger partial charge is 0.508 e. The number of amides is 18. The van der Waals surface area contributed by atoms with E-state index in [1.165, 1.54) is 49.8 Å². The number of hydrogen-bond donors (Lipinski definition) is 16. The molecule has 139 heavy (non-hydrogen) atoms. The number of ether oxygens (including phenoxy) is 1. The van der Waals surface area contributed by atoms with Crippen molar-refractivity contribution >= 4 is 124 Å². The van der Waals surface area contributed by atoms with Crippen LogP contribution in [0.5, 0.6) is 5.75 Å². The van der Waals surface area contributed by atoms with Gasteiger partial charge in [0.05, 0.1) is 19.3 Å². The topological polar surface area (TPSA) is 674 Å². The Morgan fingerprint density at radius 1 is 0.432 bits per heavy atom. The van der Waals surface area contributed by atoms with Gasteiger partial charge < -0.3 is 115 Å². The molecule has 0 unspecified atom stereocenters. The molecule has 6 fully saturated rings. The first-order valence-electron chi connectivity index (χ1n) is 46.9. The summed E-state index contributed by atoms with van der Waals surface area (Å²) in [6.07, 6.45) is -2.52. The van der Waals surface area contributed by atoms with Crippen molar-refractivity contribution in [2.24, 2.45) is 29.0 Å². The maximum Gasteiger partial charge on any atom is 0.328 e. The molecule has 6 aliphatic heterocycles. The standard InChI is InChI=1S/C93H125N21O25/c1-50(2)42-62(102-78(122)57-31-36-76(119)97-57)80(124)99-59(28-33-73(94)116)87(131)110-39-13-22-70(110)84(128)105-65(44-52-16-8-6-9-17-52)91(135)113-48-55(114-49-67(107-108-114)81(125)106-66(93(138)139-5)46-53-18-10-7-11-19-53)47-72(113)86(130)100-60(29-34-74(95)117)88(132)109-38-12-20-68(109)82(126)98-58(32-37-77(120)121)79(123)103-63(43-51(3)4)89(133)111-40-15-23-71(111)85(129)104-64(45-54-24-26-56(115)27-25-54)90(134)112-41-14-21-69(112)83(127)101-61(92(136)137)30-35-75(96)118/h6-11,16-19,24-27,49-51,55,57-66,68-72,115H,12-15,20-23,28-48H2,1-5H3,(H2,94,116)(H2,95,117)(H2,96,118)(H,97,119)(H,98,126)(H,99,124)(H,100,130)(H,101,127)(H,102,122)(H,103,123)(H,104,129)(H,105,128)(H,106,125)(H,120,121)(H,136,137)/t55-,57+,58-,59-,60-,61-,62-,63-,64-,65-,66-,68-,69-,70-,71-,72-/m0/s1. The number of nitrogens with zero attached hydrogens (tertiary/aromatic N) is 8. The quantitative estimate of drug-likeness (QED) is 0.0197. The zero-order chi connectivity index (χ0) is 101. The number of phenolic OH excluding ortho intramolecular Hbond substituents is 1. The number of carbonyl (C=O) groups excluding carboxylic acids is 19. The van der Waals surface area contributed by atoms with Crippen molar-refractivity contribution in [2.45, 2.75) is 278 Å². The molecule has 0 spiro atoms. The van der Waals surface area contributed by atoms with E-state index in [0.29, 0.717) is 16.7 Å². The Labute approximate surface area is 800 Å². The van der Waals surface area contributed by atoms with Crippen molar-refractivity contribution in [1.82, 2.24) is 92.7 Å². The number of nitrogens with one attached hydrogen (secondary N) is 10. The zero-order valence-corrected chi connectivity index (χ0v) is 78.2. The fraction of sp³-hybridized carbons (Fsp3) is 0.559. The minimum absolute atomic E-state index is 0.000811. The molecule has 16 atom stereocenters. The fourth-order valence-electron chi connectivity index (χ4n) is 18.3. The summed E-state index contributed by atoms with van der Waals surface area (Å²) < 4.78 is 6.21. The average molecular weight is 1940 g/mol. The molecule has 18 amide bonds. The Morgan fingerprint density at radius 2 is 0.813 bits per heavy atom. The number of hydrogen-bond acceptors (Lipinski definition) is 25. The molecule has 0 radical (unpaired) electrons. The van der Waals surface area contributed by atoms with Gasteiger partial charge in [-0.3, -0.25) is 91.1 Å². The molecule has 46 nitrogen and oxygen atoms in total. The Morgan fingerprint density at radius 3 is 1.26 bits per heavy atom. The number of aliphatic carboxylic acids is 2. The van der Waals surface area contributed by atoms with Gasteiger partial charge in [-0.15, -0.1) is 5.10 Å². The number of methoxy groups -OCH3 is 1. The van der Waals surface area contributed by atoms with Crippen LogP contribution in [0.1, 0.15) is 196 Å². The van der Waals surface area contributed by atoms with Gasteiger partial charge in [0.15, 0.2) is 5.69 Å². The van der Waals surface area contributed by atoms with E-state index in [1.54, 1.807) is 88.4 Å². The third-order valence-corrected chi connectivity index (χ3v) is 25.4. The second-order valence-corrected chi connectivity index (χ2v) is 36.7. The third-order valence-electron chi connectivity index (χ3n) is 25.4. The number of carboxylic acids is 2. The number of carbonyl (C=O) groups is 21. The first-order valence-corrected chi connectivity index (χ1v) is 46.9. The number of likely N-dealkylation sites (tertiary alicyclic amines) is 5. The second kappa shape index (κ2) is 50.0. The molecule has 0 bridgehead atoms. The van der Waals surface area contributed by atoms with Crippen LogP contribution in [0.2, 0.25) is 0 Å². The van der Waals surface area contributed by atoms with Crippen molar-refractivity contribution in [3.05, 3.63) is 114 Å². The van der Waals surface area contributed by atoms with Crippen molar-refractivity contribution in [3.63, 3.8) is 0 Å². The number of benzene rings is 3. The van der Waals surface area contributed by atoms with Crippen LogP contribution in [0.15, 0.2) is 91.1 Å². The lowest BCUT2D eigenvalue weighted by molar-refractivity contribution is -0.146. The molecule has 3 aromatic carbocycles. The third kappa shape index (κ3) is 29.7. The maximum absolute atomic E-state index is 16.1. The summed E-state index contributed by atoms with van der Waals surface area (Å²) in [5.74, 6) is -19.6. The van der Waals surface area contributed by atoms with Gasteiger partial charge in [-0.05, 0) is 137 Å². The van der Waals surface area contributed by atoms with Gasteiger partial charge in [-0.2, -0.15) is 0 Å². The first kappa shape index (κ1) is 107. The van der Waals surface area contributed by atoms with Crippen LogP contribution in [-0.2, 0) is 120 Å². The van der Waals surface area contributed by atoms with Gasteiger partial charge in [0.25, 0.3) is 5.91 Å². The maximum atomic E-state index is 16.1. The number of rotatable bonds is 48. The average Bonchev–Trinajstić information content (AvgIpc) is 1.63. The van der Waals surface area contributed by atoms with Crippen molar-refractivity contribution in [3.8, 4) is 5.75 Å². The van der Waals surface area contributed by atoms with Gasteiger partial charge in [-0.25, -0.2) is 14.3 Å². The summed E-state index contributed by atoms with van der Waals surface area (Å²) in [6.45, 7) is 6.26. The molecular weight excluding hydrogens is 1810 g/mol. The van der Waals surface area contributed by atoms with Gasteiger partial charge in [0.2, 0.25) is 100 Å². The first-order chi connectivity index (χ1) is 66.1. The Kier molecular flexibility index (Phi) is 38.3. The minimum Gasteiger partial charge on any atom is -0.508 e. The molecular formula is C93H125N21O25. The van der Waals surface area contributed by atoms with Crippen LogP contribution in [0.3, 0.4) is 0 Å². The fourth-order valence-corrected chi connectivity index (χ4v) is 18.3. The number of primary amides is 3. The van der Waals surface area contributed by atoms with E-state index in [1.807, 2.05) is 0 Å². The van der Waals surface area contributed by atoms with E-state index in [4.69, 9.17) is 21.9 Å². The van der Waals surface area contributed by atoms with Crippen LogP contribution in [-0.4, -0.2) is 310 Å². The van der Waals surface area contributed by atoms with E-state index in [9.17, 15) is 82.4 Å². The number of carboxylic acid groups (broad SMARTS) is 2. The van der Waals surface area contributed by atoms with E-state index >= 15 is 33.6 Å². The van der Waals surface area contributed by atoms with Crippen LogP contribution < -0.4 is 70.4 Å². The van der Waals surface area contributed by atoms with Gasteiger partial charge in [0, 0.05) is 90.5 Å². The monoisotopic (exact) mass is 1940 g/mol. The molecule has 4 aromatic rings. The highest BCUT2D eigenvalue weighted by Crippen LogP contribution is 2.32. The number of aromatic nitrogens is 3. The van der Waals surface area contributed by atoms with E-state index in [2.05, 4.69) is 63.5 Å². The van der Waals surface area contributed by atoms with Crippen molar-refractivity contribution < 1.29 is 121 Å². The highest BCUT2D eigenvalue weighted by atomic mass is 16.5. The summed E-state index contributed by atoms with van der Waals surface area (Å²) in [7, 11) is 1.14. The number of phenols is 1. The summed E-state index contributed by atoms with van der Waals surface area (Å²) >= 11 is 0. The highest BCUT2D eigenvalue weighted by Gasteiger charge is 2.50. The highest BCUT2D eigenvalue weighted by molar-refractivity contribution is 6.02. The smallest absolute Gasteiger partial charge is 0.328 e. The Balaban J connectivity index is 0.893. The predicted octanol–water partition coefficient (Wildman–Crippen LogP) is -2.92. The van der Waals surface area contributed by atoms with Gasteiger partial charge >= 0.3 is 17.9 Å². The Hall–Kier alpha value is -14.5. The van der Waals surface area contributed by atoms with Crippen LogP contribution in [0.4, 0.5) is 0 Å². The second-order valence-electron chi connectivity index (χ2n) is 36.7.